The van der Waals surface area contributed by atoms with E-state index in [0.717, 1.165) is 5.56 Å². The molecule has 1 heterocycles. The lowest BCUT2D eigenvalue weighted by molar-refractivity contribution is -0.483. The van der Waals surface area contributed by atoms with Crippen LogP contribution < -0.4 is 17.2 Å². The Kier molecular flexibility index (Phi) is 5.89. The first-order valence-electron chi connectivity index (χ1n) is 7.90. The highest BCUT2D eigenvalue weighted by atomic mass is 16.6. The fourth-order valence-electron chi connectivity index (χ4n) is 2.82. The summed E-state index contributed by atoms with van der Waals surface area (Å²) in [6.07, 6.45) is 1.70. The van der Waals surface area contributed by atoms with Crippen LogP contribution in [0.3, 0.4) is 0 Å². The quantitative estimate of drug-likeness (QED) is 0.398. The van der Waals surface area contributed by atoms with E-state index in [1.807, 2.05) is 0 Å². The molecule has 7 N–H and O–H groups in total. The Morgan fingerprint density at radius 2 is 1.73 bits per heavy atom. The average Bonchev–Trinajstić information content (AvgIpc) is 2.53. The van der Waals surface area contributed by atoms with Crippen molar-refractivity contribution in [2.24, 2.45) is 0 Å². The number of carboxylic acids is 1. The summed E-state index contributed by atoms with van der Waals surface area (Å²) in [4.78, 5) is 29.1. The van der Waals surface area contributed by atoms with Crippen molar-refractivity contribution in [1.29, 1.82) is 0 Å². The van der Waals surface area contributed by atoms with Crippen LogP contribution in [0.2, 0.25) is 0 Å². The van der Waals surface area contributed by atoms with Crippen molar-refractivity contribution in [3.8, 4) is 0 Å². The Bertz CT molecular complexity index is 786. The van der Waals surface area contributed by atoms with Gasteiger partial charge in [0, 0.05) is 10.5 Å². The topological polar surface area (TPSA) is 184 Å². The number of aryl methyl sites for hydroxylation is 1. The zero-order chi connectivity index (χ0) is 19.3. The van der Waals surface area contributed by atoms with Crippen LogP contribution in [0.25, 0.3) is 0 Å². The number of rotatable bonds is 8. The zero-order valence-corrected chi connectivity index (χ0v) is 14.0. The van der Waals surface area contributed by atoms with Gasteiger partial charge in [0.25, 0.3) is 0 Å². The molecule has 2 aromatic rings. The first-order valence-corrected chi connectivity index (χ1v) is 7.90. The second-order valence-corrected chi connectivity index (χ2v) is 5.87. The Labute approximate surface area is 149 Å². The van der Waals surface area contributed by atoms with Crippen LogP contribution in [0.15, 0.2) is 24.3 Å². The largest absolute Gasteiger partial charge is 0.478 e. The number of hydrogen-bond acceptors (Lipinski definition) is 8. The number of nitrogens with zero attached hydrogens (tertiary/aromatic N) is 3. The number of benzene rings is 1. The minimum atomic E-state index is -0.989. The standard InChI is InChI=1S/C16H20N6O4/c17-13-12(14(18)21-16(19)20-13)11(8-22(25)26)3-1-2-9-4-6-10(7-5-9)15(23)24/h4-7,11H,1-3,8H2,(H,23,24)(H6,17,18,19,20,21). The third kappa shape index (κ3) is 4.79. The van der Waals surface area contributed by atoms with Gasteiger partial charge in [-0.3, -0.25) is 10.1 Å². The number of nitrogen functional groups attached to an aromatic ring is 3. The zero-order valence-electron chi connectivity index (χ0n) is 14.0. The van der Waals surface area contributed by atoms with Crippen LogP contribution in [0.5, 0.6) is 0 Å². The summed E-state index contributed by atoms with van der Waals surface area (Å²) in [6, 6.07) is 6.49. The van der Waals surface area contributed by atoms with Gasteiger partial charge in [-0.15, -0.1) is 0 Å². The van der Waals surface area contributed by atoms with Gasteiger partial charge in [-0.25, -0.2) is 4.79 Å². The summed E-state index contributed by atoms with van der Waals surface area (Å²) in [6.45, 7) is -0.348. The Morgan fingerprint density at radius 1 is 1.15 bits per heavy atom. The number of nitro groups is 1. The monoisotopic (exact) mass is 360 g/mol. The number of nitrogens with two attached hydrogens (primary N) is 3. The van der Waals surface area contributed by atoms with Crippen molar-refractivity contribution < 1.29 is 14.8 Å². The summed E-state index contributed by atoms with van der Waals surface area (Å²) in [7, 11) is 0. The van der Waals surface area contributed by atoms with Crippen molar-refractivity contribution in [2.75, 3.05) is 23.7 Å². The molecule has 0 amide bonds. The molecule has 1 aromatic carbocycles. The fraction of sp³-hybridized carbons (Fsp3) is 0.312. The van der Waals surface area contributed by atoms with E-state index >= 15 is 0 Å². The van der Waals surface area contributed by atoms with Gasteiger partial charge in [0.1, 0.15) is 11.6 Å². The molecule has 0 saturated carbocycles. The molecule has 10 nitrogen and oxygen atoms in total. The van der Waals surface area contributed by atoms with E-state index in [0.29, 0.717) is 24.8 Å². The van der Waals surface area contributed by atoms with E-state index in [1.54, 1.807) is 12.1 Å². The number of carboxylic acid groups (broad SMARTS) is 1. The third-order valence-corrected chi connectivity index (χ3v) is 4.02. The van der Waals surface area contributed by atoms with E-state index in [1.165, 1.54) is 12.1 Å². The predicted octanol–water partition coefficient (Wildman–Crippen LogP) is 1.30. The van der Waals surface area contributed by atoms with Crippen LogP contribution in [-0.4, -0.2) is 32.5 Å². The first kappa shape index (κ1) is 18.9. The number of aromatic nitrogens is 2. The maximum absolute atomic E-state index is 11.0. The van der Waals surface area contributed by atoms with Crippen LogP contribution >= 0.6 is 0 Å². The number of anilines is 3. The molecule has 1 aromatic heterocycles. The summed E-state index contributed by atoms with van der Waals surface area (Å²) >= 11 is 0. The Balaban J connectivity index is 2.09. The molecular weight excluding hydrogens is 340 g/mol. The van der Waals surface area contributed by atoms with Gasteiger partial charge >= 0.3 is 5.97 Å². The summed E-state index contributed by atoms with van der Waals surface area (Å²) < 4.78 is 0. The van der Waals surface area contributed by atoms with Gasteiger partial charge in [0.2, 0.25) is 12.5 Å². The molecular formula is C16H20N6O4. The molecule has 0 aliphatic heterocycles. The van der Waals surface area contributed by atoms with Crippen molar-refractivity contribution in [3.05, 3.63) is 51.1 Å². The summed E-state index contributed by atoms with van der Waals surface area (Å²) in [5.74, 6) is -1.51. The minimum Gasteiger partial charge on any atom is -0.478 e. The molecule has 0 radical (unpaired) electrons. The van der Waals surface area contributed by atoms with E-state index < -0.39 is 16.8 Å². The van der Waals surface area contributed by atoms with Crippen LogP contribution in [0.4, 0.5) is 17.6 Å². The van der Waals surface area contributed by atoms with Crippen molar-refractivity contribution in [3.63, 3.8) is 0 Å². The first-order chi connectivity index (χ1) is 12.3. The molecule has 0 bridgehead atoms. The lowest BCUT2D eigenvalue weighted by Crippen LogP contribution is -2.18. The van der Waals surface area contributed by atoms with E-state index in [4.69, 9.17) is 22.3 Å². The van der Waals surface area contributed by atoms with Crippen molar-refractivity contribution in [2.45, 2.75) is 25.2 Å². The van der Waals surface area contributed by atoms with Crippen LogP contribution in [0.1, 0.15) is 40.2 Å². The van der Waals surface area contributed by atoms with Gasteiger partial charge < -0.3 is 22.3 Å². The fourth-order valence-corrected chi connectivity index (χ4v) is 2.82. The molecule has 10 heteroatoms. The second kappa shape index (κ2) is 8.10. The highest BCUT2D eigenvalue weighted by molar-refractivity contribution is 5.87. The number of aromatic carboxylic acids is 1. The highest BCUT2D eigenvalue weighted by Gasteiger charge is 2.24. The predicted molar refractivity (Wildman–Crippen MR) is 96.2 cm³/mol. The SMILES string of the molecule is Nc1nc(N)c(C(CCCc2ccc(C(=O)O)cc2)C[N+](=O)[O-])c(N)n1. The Hall–Kier alpha value is -3.43. The van der Waals surface area contributed by atoms with E-state index in [9.17, 15) is 14.9 Å². The molecule has 0 saturated heterocycles. The van der Waals surface area contributed by atoms with Gasteiger partial charge in [-0.1, -0.05) is 12.1 Å². The van der Waals surface area contributed by atoms with Crippen molar-refractivity contribution >= 4 is 23.6 Å². The maximum atomic E-state index is 11.0. The molecule has 2 rings (SSSR count). The van der Waals surface area contributed by atoms with Crippen molar-refractivity contribution in [1.82, 2.24) is 9.97 Å². The molecule has 1 atom stereocenters. The smallest absolute Gasteiger partial charge is 0.335 e. The van der Waals surface area contributed by atoms with E-state index in [2.05, 4.69) is 9.97 Å². The van der Waals surface area contributed by atoms with Gasteiger partial charge in [0.05, 0.1) is 11.5 Å². The molecule has 138 valence electrons. The van der Waals surface area contributed by atoms with Gasteiger partial charge in [-0.05, 0) is 37.0 Å². The molecule has 26 heavy (non-hydrogen) atoms. The van der Waals surface area contributed by atoms with E-state index in [-0.39, 0.29) is 29.7 Å². The summed E-state index contributed by atoms with van der Waals surface area (Å²) in [5.41, 5.74) is 18.6. The summed E-state index contributed by atoms with van der Waals surface area (Å²) in [5, 5.41) is 19.9. The minimum absolute atomic E-state index is 0.0488. The lowest BCUT2D eigenvalue weighted by atomic mass is 9.92. The molecule has 1 unspecified atom stereocenters. The molecule has 0 aliphatic rings. The molecule has 0 spiro atoms. The van der Waals surface area contributed by atoms with Crippen LogP contribution in [0, 0.1) is 10.1 Å². The Morgan fingerprint density at radius 3 is 2.23 bits per heavy atom. The highest BCUT2D eigenvalue weighted by Crippen LogP contribution is 2.30. The molecule has 0 aliphatic carbocycles. The maximum Gasteiger partial charge on any atom is 0.335 e. The van der Waals surface area contributed by atoms with Crippen LogP contribution in [-0.2, 0) is 6.42 Å². The normalized spacial score (nSPS) is 11.8. The number of hydrogen-bond donors (Lipinski definition) is 4. The van der Waals surface area contributed by atoms with Gasteiger partial charge in [-0.2, -0.15) is 9.97 Å². The third-order valence-electron chi connectivity index (χ3n) is 4.02. The molecule has 0 fully saturated rings. The second-order valence-electron chi connectivity index (χ2n) is 5.87. The lowest BCUT2D eigenvalue weighted by Gasteiger charge is -2.16. The van der Waals surface area contributed by atoms with Gasteiger partial charge in [0.15, 0.2) is 0 Å². The number of carbonyl (C=O) groups is 1. The average molecular weight is 360 g/mol.